The molecule has 3 rings (SSSR count). The standard InChI is InChI=1S/C19H24N2O4/c1-12-5-7-19(8-6-12,18(23)24)21-17(22)9-13-11-20-16-4-3-14(25-2)10-15(13)16/h3-4,10-12,20H,5-9H2,1-2H3,(H,21,22)(H,23,24). The molecular weight excluding hydrogens is 320 g/mol. The van der Waals surface area contributed by atoms with Crippen molar-refractivity contribution in [3.05, 3.63) is 30.0 Å². The van der Waals surface area contributed by atoms with E-state index in [2.05, 4.69) is 17.2 Å². The second-order valence-electron chi connectivity index (χ2n) is 7.02. The van der Waals surface area contributed by atoms with E-state index >= 15 is 0 Å². The first kappa shape index (κ1) is 17.3. The van der Waals surface area contributed by atoms with Gasteiger partial charge in [0.1, 0.15) is 11.3 Å². The van der Waals surface area contributed by atoms with Crippen LogP contribution >= 0.6 is 0 Å². The molecule has 0 radical (unpaired) electrons. The Morgan fingerprint density at radius 3 is 2.72 bits per heavy atom. The number of hydrogen-bond acceptors (Lipinski definition) is 3. The average molecular weight is 344 g/mol. The number of carboxylic acids is 1. The number of H-pyrrole nitrogens is 1. The van der Waals surface area contributed by atoms with Crippen LogP contribution in [0.5, 0.6) is 5.75 Å². The van der Waals surface area contributed by atoms with Crippen molar-refractivity contribution in [2.24, 2.45) is 5.92 Å². The molecule has 0 spiro atoms. The number of fused-ring (bicyclic) bond motifs is 1. The van der Waals surface area contributed by atoms with Gasteiger partial charge in [0, 0.05) is 17.1 Å². The van der Waals surface area contributed by atoms with E-state index in [1.165, 1.54) is 0 Å². The fraction of sp³-hybridized carbons (Fsp3) is 0.474. The highest BCUT2D eigenvalue weighted by atomic mass is 16.5. The number of benzene rings is 1. The second kappa shape index (κ2) is 6.78. The summed E-state index contributed by atoms with van der Waals surface area (Å²) in [5.41, 5.74) is 0.618. The molecule has 1 aliphatic carbocycles. The summed E-state index contributed by atoms with van der Waals surface area (Å²) in [6, 6.07) is 5.63. The van der Waals surface area contributed by atoms with Gasteiger partial charge in [0.05, 0.1) is 13.5 Å². The lowest BCUT2D eigenvalue weighted by atomic mass is 9.77. The Morgan fingerprint density at radius 1 is 1.36 bits per heavy atom. The van der Waals surface area contributed by atoms with Crippen LogP contribution in [-0.4, -0.2) is 34.6 Å². The van der Waals surface area contributed by atoms with Gasteiger partial charge < -0.3 is 20.1 Å². The molecular formula is C19H24N2O4. The zero-order valence-corrected chi connectivity index (χ0v) is 14.6. The van der Waals surface area contributed by atoms with Crippen LogP contribution in [0.2, 0.25) is 0 Å². The van der Waals surface area contributed by atoms with Gasteiger partial charge in [0.15, 0.2) is 0 Å². The van der Waals surface area contributed by atoms with E-state index in [4.69, 9.17) is 4.74 Å². The average Bonchev–Trinajstić information content (AvgIpc) is 2.99. The van der Waals surface area contributed by atoms with E-state index in [0.717, 1.165) is 35.1 Å². The highest BCUT2D eigenvalue weighted by Crippen LogP contribution is 2.32. The van der Waals surface area contributed by atoms with Crippen molar-refractivity contribution in [3.63, 3.8) is 0 Å². The van der Waals surface area contributed by atoms with Crippen LogP contribution in [0.25, 0.3) is 10.9 Å². The van der Waals surface area contributed by atoms with Crippen LogP contribution in [0.1, 0.15) is 38.2 Å². The van der Waals surface area contributed by atoms with Gasteiger partial charge in [0.2, 0.25) is 5.91 Å². The molecule has 0 bridgehead atoms. The molecule has 6 heteroatoms. The lowest BCUT2D eigenvalue weighted by Gasteiger charge is -2.36. The lowest BCUT2D eigenvalue weighted by molar-refractivity contribution is -0.149. The van der Waals surface area contributed by atoms with Gasteiger partial charge in [-0.2, -0.15) is 0 Å². The number of ether oxygens (including phenoxy) is 1. The Labute approximate surface area is 146 Å². The second-order valence-corrected chi connectivity index (χ2v) is 7.02. The number of carbonyl (C=O) groups is 2. The zero-order chi connectivity index (χ0) is 18.0. The number of rotatable bonds is 5. The summed E-state index contributed by atoms with van der Waals surface area (Å²) < 4.78 is 5.24. The van der Waals surface area contributed by atoms with Gasteiger partial charge in [-0.15, -0.1) is 0 Å². The monoisotopic (exact) mass is 344 g/mol. The summed E-state index contributed by atoms with van der Waals surface area (Å²) >= 11 is 0. The molecule has 25 heavy (non-hydrogen) atoms. The Bertz CT molecular complexity index is 788. The van der Waals surface area contributed by atoms with Gasteiger partial charge in [-0.3, -0.25) is 4.79 Å². The predicted molar refractivity (Wildman–Crippen MR) is 94.7 cm³/mol. The fourth-order valence-electron chi connectivity index (χ4n) is 3.56. The van der Waals surface area contributed by atoms with E-state index in [1.54, 1.807) is 13.3 Å². The maximum absolute atomic E-state index is 12.5. The molecule has 0 atom stereocenters. The fourth-order valence-corrected chi connectivity index (χ4v) is 3.56. The van der Waals surface area contributed by atoms with E-state index in [-0.39, 0.29) is 12.3 Å². The van der Waals surface area contributed by atoms with Crippen LogP contribution in [0.4, 0.5) is 0 Å². The molecule has 0 aliphatic heterocycles. The molecule has 1 amide bonds. The molecule has 134 valence electrons. The number of amides is 1. The number of aliphatic carboxylic acids is 1. The number of hydrogen-bond donors (Lipinski definition) is 3. The number of carboxylic acid groups (broad SMARTS) is 1. The van der Waals surface area contributed by atoms with E-state index in [9.17, 15) is 14.7 Å². The molecule has 0 unspecified atom stereocenters. The molecule has 1 aliphatic rings. The third-order valence-electron chi connectivity index (χ3n) is 5.24. The van der Waals surface area contributed by atoms with Crippen molar-refractivity contribution >= 4 is 22.8 Å². The third-order valence-corrected chi connectivity index (χ3v) is 5.24. The zero-order valence-electron chi connectivity index (χ0n) is 14.6. The first-order valence-electron chi connectivity index (χ1n) is 8.62. The maximum Gasteiger partial charge on any atom is 0.329 e. The molecule has 6 nitrogen and oxygen atoms in total. The number of aromatic nitrogens is 1. The summed E-state index contributed by atoms with van der Waals surface area (Å²) in [5, 5.41) is 13.4. The van der Waals surface area contributed by atoms with E-state index in [1.807, 2.05) is 18.2 Å². The Kier molecular flexibility index (Phi) is 4.70. The molecule has 0 saturated heterocycles. The van der Waals surface area contributed by atoms with E-state index < -0.39 is 11.5 Å². The summed E-state index contributed by atoms with van der Waals surface area (Å²) in [5.74, 6) is 0.0245. The van der Waals surface area contributed by atoms with Gasteiger partial charge in [-0.1, -0.05) is 6.92 Å². The van der Waals surface area contributed by atoms with Crippen LogP contribution in [0, 0.1) is 5.92 Å². The Hall–Kier alpha value is -2.50. The van der Waals surface area contributed by atoms with Crippen molar-refractivity contribution < 1.29 is 19.4 Å². The van der Waals surface area contributed by atoms with Crippen LogP contribution < -0.4 is 10.1 Å². The number of nitrogens with one attached hydrogen (secondary N) is 2. The molecule has 1 aromatic heterocycles. The molecule has 2 aromatic rings. The Balaban J connectivity index is 1.76. The van der Waals surface area contributed by atoms with Crippen molar-refractivity contribution in [3.8, 4) is 5.75 Å². The summed E-state index contributed by atoms with van der Waals surface area (Å²) in [4.78, 5) is 27.5. The van der Waals surface area contributed by atoms with Crippen LogP contribution in [0.15, 0.2) is 24.4 Å². The topological polar surface area (TPSA) is 91.4 Å². The normalized spacial score (nSPS) is 23.4. The van der Waals surface area contributed by atoms with Gasteiger partial charge in [0.25, 0.3) is 0 Å². The Morgan fingerprint density at radius 2 is 2.08 bits per heavy atom. The highest BCUT2D eigenvalue weighted by Gasteiger charge is 2.42. The third kappa shape index (κ3) is 3.48. The van der Waals surface area contributed by atoms with Crippen molar-refractivity contribution in [2.75, 3.05) is 7.11 Å². The quantitative estimate of drug-likeness (QED) is 0.778. The van der Waals surface area contributed by atoms with Gasteiger partial charge >= 0.3 is 5.97 Å². The molecule has 1 aromatic carbocycles. The minimum absolute atomic E-state index is 0.137. The number of methoxy groups -OCH3 is 1. The van der Waals surface area contributed by atoms with Gasteiger partial charge in [-0.05, 0) is 55.4 Å². The molecule has 3 N–H and O–H groups in total. The minimum atomic E-state index is -1.13. The summed E-state index contributed by atoms with van der Waals surface area (Å²) in [6.07, 6.45) is 4.53. The minimum Gasteiger partial charge on any atom is -0.497 e. The SMILES string of the molecule is COc1ccc2[nH]cc(CC(=O)NC3(C(=O)O)CCC(C)CC3)c2c1. The first-order valence-corrected chi connectivity index (χ1v) is 8.62. The maximum atomic E-state index is 12.5. The predicted octanol–water partition coefficient (Wildman–Crippen LogP) is 2.87. The first-order chi connectivity index (χ1) is 11.9. The number of carbonyl (C=O) groups excluding carboxylic acids is 1. The smallest absolute Gasteiger partial charge is 0.329 e. The largest absolute Gasteiger partial charge is 0.497 e. The molecule has 1 saturated carbocycles. The highest BCUT2D eigenvalue weighted by molar-refractivity contribution is 5.92. The summed E-state index contributed by atoms with van der Waals surface area (Å²) in [6.45, 7) is 2.12. The van der Waals surface area contributed by atoms with Crippen molar-refractivity contribution in [2.45, 2.75) is 44.6 Å². The lowest BCUT2D eigenvalue weighted by Crippen LogP contribution is -2.56. The van der Waals surface area contributed by atoms with Crippen molar-refractivity contribution in [1.82, 2.24) is 10.3 Å². The van der Waals surface area contributed by atoms with Crippen molar-refractivity contribution in [1.29, 1.82) is 0 Å². The summed E-state index contributed by atoms with van der Waals surface area (Å²) in [7, 11) is 1.60. The van der Waals surface area contributed by atoms with Crippen LogP contribution in [0.3, 0.4) is 0 Å². The molecule has 1 heterocycles. The number of aromatic amines is 1. The van der Waals surface area contributed by atoms with E-state index in [0.29, 0.717) is 18.8 Å². The molecule has 1 fully saturated rings. The van der Waals surface area contributed by atoms with Gasteiger partial charge in [-0.25, -0.2) is 4.79 Å². The van der Waals surface area contributed by atoms with Crippen LogP contribution in [-0.2, 0) is 16.0 Å².